The lowest BCUT2D eigenvalue weighted by Crippen LogP contribution is -2.42. The second-order valence-corrected chi connectivity index (χ2v) is 6.62. The van der Waals surface area contributed by atoms with Crippen LogP contribution in [0, 0.1) is 0 Å². The highest BCUT2D eigenvalue weighted by Gasteiger charge is 2.27. The lowest BCUT2D eigenvalue weighted by atomic mass is 10.1. The average molecular weight is 374 g/mol. The number of fused-ring (bicyclic) bond motifs is 1. The molecular formula is C19H20ClN3O3. The summed E-state index contributed by atoms with van der Waals surface area (Å²) in [5.74, 6) is 0.331. The molecular weight excluding hydrogens is 354 g/mol. The summed E-state index contributed by atoms with van der Waals surface area (Å²) in [6, 6.07) is 8.89. The third kappa shape index (κ3) is 4.52. The molecule has 0 bridgehead atoms. The lowest BCUT2D eigenvalue weighted by Gasteiger charge is -2.33. The molecule has 1 aliphatic heterocycles. The van der Waals surface area contributed by atoms with E-state index in [1.54, 1.807) is 35.5 Å². The Morgan fingerprint density at radius 3 is 2.96 bits per heavy atom. The van der Waals surface area contributed by atoms with Crippen LogP contribution in [-0.2, 0) is 16.1 Å². The molecule has 136 valence electrons. The summed E-state index contributed by atoms with van der Waals surface area (Å²) < 4.78 is 5.74. The fraction of sp³-hybridized carbons (Fsp3) is 0.316. The molecule has 3 rings (SSSR count). The molecule has 2 aromatic rings. The predicted octanol–water partition coefficient (Wildman–Crippen LogP) is 2.95. The quantitative estimate of drug-likeness (QED) is 0.874. The summed E-state index contributed by atoms with van der Waals surface area (Å²) in [7, 11) is 0. The van der Waals surface area contributed by atoms with Crippen LogP contribution in [0.25, 0.3) is 0 Å². The van der Waals surface area contributed by atoms with Crippen molar-refractivity contribution in [3.63, 3.8) is 0 Å². The fourth-order valence-corrected chi connectivity index (χ4v) is 2.96. The van der Waals surface area contributed by atoms with E-state index < -0.39 is 0 Å². The Bertz CT molecular complexity index is 798. The number of hydrogen-bond acceptors (Lipinski definition) is 4. The molecule has 0 saturated carbocycles. The van der Waals surface area contributed by atoms with E-state index in [9.17, 15) is 9.59 Å². The van der Waals surface area contributed by atoms with E-state index in [1.807, 2.05) is 19.1 Å². The van der Waals surface area contributed by atoms with E-state index in [1.165, 1.54) is 0 Å². The number of anilines is 1. The minimum atomic E-state index is -0.171. The van der Waals surface area contributed by atoms with Crippen LogP contribution in [-0.4, -0.2) is 29.4 Å². The van der Waals surface area contributed by atoms with Crippen LogP contribution in [0.3, 0.4) is 0 Å². The second kappa shape index (κ2) is 8.19. The van der Waals surface area contributed by atoms with Gasteiger partial charge in [0, 0.05) is 36.8 Å². The van der Waals surface area contributed by atoms with Crippen LogP contribution < -0.4 is 15.0 Å². The second-order valence-electron chi connectivity index (χ2n) is 6.18. The zero-order valence-corrected chi connectivity index (χ0v) is 15.2. The number of benzene rings is 1. The Hall–Kier alpha value is -2.60. The molecule has 0 aliphatic carbocycles. The number of aromatic nitrogens is 1. The number of pyridine rings is 1. The molecule has 0 radical (unpaired) electrons. The highest BCUT2D eigenvalue weighted by Crippen LogP contribution is 2.36. The third-order valence-electron chi connectivity index (χ3n) is 4.06. The Kier molecular flexibility index (Phi) is 5.73. The molecule has 2 heterocycles. The number of ether oxygens (including phenoxy) is 1. The van der Waals surface area contributed by atoms with Crippen molar-refractivity contribution in [2.24, 2.45) is 0 Å². The van der Waals surface area contributed by atoms with Crippen LogP contribution in [0.5, 0.6) is 5.75 Å². The maximum absolute atomic E-state index is 12.6. The van der Waals surface area contributed by atoms with Gasteiger partial charge in [-0.05, 0) is 36.8 Å². The number of hydrogen-bond donors (Lipinski definition) is 1. The molecule has 1 aromatic carbocycles. The van der Waals surface area contributed by atoms with Crippen LogP contribution in [0.4, 0.5) is 5.69 Å². The summed E-state index contributed by atoms with van der Waals surface area (Å²) >= 11 is 6.05. The Morgan fingerprint density at radius 1 is 1.35 bits per heavy atom. The van der Waals surface area contributed by atoms with Gasteiger partial charge in [0.25, 0.3) is 0 Å². The number of halogens is 1. The Balaban J connectivity index is 1.56. The standard InChI is InChI=1S/C19H20ClN3O3/c1-13-12-23(16-9-15(20)4-5-17(16)26-13)19(25)7-6-18(24)22-11-14-3-2-8-21-10-14/h2-5,8-10,13H,6-7,11-12H2,1H3,(H,22,24)/t13-/m0/s1. The SMILES string of the molecule is C[C@H]1CN(C(=O)CCC(=O)NCc2cccnc2)c2cc(Cl)ccc2O1. The zero-order chi connectivity index (χ0) is 18.5. The van der Waals surface area contributed by atoms with Gasteiger partial charge in [-0.2, -0.15) is 0 Å². The van der Waals surface area contributed by atoms with Crippen molar-refractivity contribution < 1.29 is 14.3 Å². The molecule has 6 nitrogen and oxygen atoms in total. The van der Waals surface area contributed by atoms with E-state index in [-0.39, 0.29) is 30.8 Å². The van der Waals surface area contributed by atoms with Crippen molar-refractivity contribution >= 4 is 29.1 Å². The summed E-state index contributed by atoms with van der Waals surface area (Å²) in [5.41, 5.74) is 1.56. The van der Waals surface area contributed by atoms with Gasteiger partial charge in [0.15, 0.2) is 0 Å². The molecule has 26 heavy (non-hydrogen) atoms. The van der Waals surface area contributed by atoms with Crippen LogP contribution >= 0.6 is 11.6 Å². The largest absolute Gasteiger partial charge is 0.487 e. The highest BCUT2D eigenvalue weighted by atomic mass is 35.5. The van der Waals surface area contributed by atoms with Crippen molar-refractivity contribution in [3.05, 3.63) is 53.3 Å². The van der Waals surface area contributed by atoms with Gasteiger partial charge in [0.2, 0.25) is 11.8 Å². The van der Waals surface area contributed by atoms with Gasteiger partial charge in [-0.15, -0.1) is 0 Å². The van der Waals surface area contributed by atoms with Crippen molar-refractivity contribution in [1.82, 2.24) is 10.3 Å². The number of nitrogens with one attached hydrogen (secondary N) is 1. The number of carbonyl (C=O) groups is 2. The molecule has 2 amide bonds. The molecule has 0 spiro atoms. The topological polar surface area (TPSA) is 71.5 Å². The third-order valence-corrected chi connectivity index (χ3v) is 4.29. The van der Waals surface area contributed by atoms with Gasteiger partial charge in [-0.3, -0.25) is 14.6 Å². The average Bonchev–Trinajstić information content (AvgIpc) is 2.65. The molecule has 1 atom stereocenters. The highest BCUT2D eigenvalue weighted by molar-refractivity contribution is 6.31. The minimum absolute atomic E-state index is 0.118. The van der Waals surface area contributed by atoms with Gasteiger partial charge in [-0.25, -0.2) is 0 Å². The number of amides is 2. The van der Waals surface area contributed by atoms with Crippen molar-refractivity contribution in [1.29, 1.82) is 0 Å². The van der Waals surface area contributed by atoms with Gasteiger partial charge >= 0.3 is 0 Å². The van der Waals surface area contributed by atoms with Gasteiger partial charge in [-0.1, -0.05) is 17.7 Å². The smallest absolute Gasteiger partial charge is 0.227 e. The molecule has 1 aliphatic rings. The van der Waals surface area contributed by atoms with Crippen molar-refractivity contribution in [3.8, 4) is 5.75 Å². The first kappa shape index (κ1) is 18.2. The maximum atomic E-state index is 12.6. The molecule has 1 aromatic heterocycles. The fourth-order valence-electron chi connectivity index (χ4n) is 2.79. The van der Waals surface area contributed by atoms with Crippen LogP contribution in [0.1, 0.15) is 25.3 Å². The predicted molar refractivity (Wildman–Crippen MR) is 99.2 cm³/mol. The van der Waals surface area contributed by atoms with E-state index >= 15 is 0 Å². The first-order valence-corrected chi connectivity index (χ1v) is 8.83. The molecule has 1 N–H and O–H groups in total. The Labute approximate surface area is 157 Å². The zero-order valence-electron chi connectivity index (χ0n) is 14.4. The first-order chi connectivity index (χ1) is 12.5. The van der Waals surface area contributed by atoms with E-state index in [2.05, 4.69) is 10.3 Å². The van der Waals surface area contributed by atoms with Crippen LogP contribution in [0.2, 0.25) is 5.02 Å². The van der Waals surface area contributed by atoms with Gasteiger partial charge in [0.05, 0.1) is 12.2 Å². The minimum Gasteiger partial charge on any atom is -0.487 e. The van der Waals surface area contributed by atoms with Gasteiger partial charge < -0.3 is 15.0 Å². The molecule has 7 heteroatoms. The lowest BCUT2D eigenvalue weighted by molar-refractivity contribution is -0.125. The van der Waals surface area contributed by atoms with E-state index in [4.69, 9.17) is 16.3 Å². The summed E-state index contributed by atoms with van der Waals surface area (Å²) in [6.07, 6.45) is 3.50. The normalized spacial score (nSPS) is 15.8. The van der Waals surface area contributed by atoms with Crippen molar-refractivity contribution in [2.75, 3.05) is 11.4 Å². The molecule has 0 saturated heterocycles. The summed E-state index contributed by atoms with van der Waals surface area (Å²) in [4.78, 5) is 30.3. The van der Waals surface area contributed by atoms with Gasteiger partial charge in [0.1, 0.15) is 11.9 Å². The number of carbonyl (C=O) groups excluding carboxylic acids is 2. The summed E-state index contributed by atoms with van der Waals surface area (Å²) in [6.45, 7) is 2.73. The summed E-state index contributed by atoms with van der Waals surface area (Å²) in [5, 5.41) is 3.33. The van der Waals surface area contributed by atoms with E-state index in [0.717, 1.165) is 5.56 Å². The maximum Gasteiger partial charge on any atom is 0.227 e. The number of rotatable bonds is 5. The Morgan fingerprint density at radius 2 is 2.19 bits per heavy atom. The van der Waals surface area contributed by atoms with Crippen molar-refractivity contribution in [2.45, 2.75) is 32.4 Å². The molecule has 0 fully saturated rings. The van der Waals surface area contributed by atoms with Crippen LogP contribution in [0.15, 0.2) is 42.7 Å². The van der Waals surface area contributed by atoms with E-state index in [0.29, 0.717) is 29.5 Å². The molecule has 0 unspecified atom stereocenters. The first-order valence-electron chi connectivity index (χ1n) is 8.45. The number of nitrogens with zero attached hydrogens (tertiary/aromatic N) is 2. The monoisotopic (exact) mass is 373 g/mol.